The van der Waals surface area contributed by atoms with Crippen molar-refractivity contribution >= 4 is 45.6 Å². The fourth-order valence-electron chi connectivity index (χ4n) is 3.40. The Balaban J connectivity index is 1.98. The van der Waals surface area contributed by atoms with Gasteiger partial charge in [-0.2, -0.15) is 0 Å². The summed E-state index contributed by atoms with van der Waals surface area (Å²) in [4.78, 5) is 17.8. The third-order valence-electron chi connectivity index (χ3n) is 4.76. The van der Waals surface area contributed by atoms with E-state index in [9.17, 15) is 14.3 Å². The molecule has 2 aromatic rings. The lowest BCUT2D eigenvalue weighted by Crippen LogP contribution is -2.25. The molecule has 3 rings (SSSR count). The van der Waals surface area contributed by atoms with E-state index in [0.29, 0.717) is 35.6 Å². The number of carbonyl (C=O) groups excluding carboxylic acids is 1. The SMILES string of the molecule is C=C(NOC[C@@H](O)CO)c1c2c(n(C)c1Nc1ccc(I)cc1F)C(=O)CCC2. The van der Waals surface area contributed by atoms with Gasteiger partial charge in [-0.3, -0.25) is 15.1 Å². The Morgan fingerprint density at radius 2 is 2.21 bits per heavy atom. The Morgan fingerprint density at radius 3 is 2.90 bits per heavy atom. The molecule has 0 spiro atoms. The molecule has 29 heavy (non-hydrogen) atoms. The highest BCUT2D eigenvalue weighted by atomic mass is 127. The Kier molecular flexibility index (Phi) is 6.93. The third-order valence-corrected chi connectivity index (χ3v) is 5.43. The second kappa shape index (κ2) is 9.24. The molecule has 1 heterocycles. The highest BCUT2D eigenvalue weighted by Crippen LogP contribution is 2.37. The van der Waals surface area contributed by atoms with Gasteiger partial charge in [0.25, 0.3) is 0 Å². The normalized spacial score (nSPS) is 14.4. The number of nitrogens with zero attached hydrogens (tertiary/aromatic N) is 1. The van der Waals surface area contributed by atoms with E-state index >= 15 is 0 Å². The van der Waals surface area contributed by atoms with Gasteiger partial charge in [-0.25, -0.2) is 4.39 Å². The quantitative estimate of drug-likeness (QED) is 0.319. The lowest BCUT2D eigenvalue weighted by molar-refractivity contribution is -0.0189. The summed E-state index contributed by atoms with van der Waals surface area (Å²) in [6.07, 6.45) is 0.833. The molecule has 1 aliphatic carbocycles. The molecule has 0 fully saturated rings. The molecule has 4 N–H and O–H groups in total. The van der Waals surface area contributed by atoms with Crippen molar-refractivity contribution in [3.63, 3.8) is 0 Å². The minimum absolute atomic E-state index is 0.0237. The summed E-state index contributed by atoms with van der Waals surface area (Å²) < 4.78 is 16.9. The molecular formula is C20H23FIN3O4. The zero-order chi connectivity index (χ0) is 21.1. The molecule has 1 aliphatic rings. The summed E-state index contributed by atoms with van der Waals surface area (Å²) in [5.41, 5.74) is 5.34. The van der Waals surface area contributed by atoms with Crippen LogP contribution in [-0.2, 0) is 18.3 Å². The van der Waals surface area contributed by atoms with Gasteiger partial charge < -0.3 is 20.1 Å². The van der Waals surface area contributed by atoms with Crippen LogP contribution in [0, 0.1) is 9.39 Å². The number of ketones is 1. The van der Waals surface area contributed by atoms with E-state index < -0.39 is 18.5 Å². The monoisotopic (exact) mass is 515 g/mol. The lowest BCUT2D eigenvalue weighted by atomic mass is 9.93. The number of fused-ring (bicyclic) bond motifs is 1. The van der Waals surface area contributed by atoms with Gasteiger partial charge >= 0.3 is 0 Å². The van der Waals surface area contributed by atoms with E-state index in [1.807, 2.05) is 22.6 Å². The number of carbonyl (C=O) groups is 1. The number of rotatable bonds is 8. The number of anilines is 2. The van der Waals surface area contributed by atoms with Crippen LogP contribution in [0.2, 0.25) is 0 Å². The van der Waals surface area contributed by atoms with Crippen molar-refractivity contribution in [2.24, 2.45) is 7.05 Å². The molecule has 7 nitrogen and oxygen atoms in total. The van der Waals surface area contributed by atoms with Crippen LogP contribution in [0.3, 0.4) is 0 Å². The van der Waals surface area contributed by atoms with Gasteiger partial charge in [0, 0.05) is 22.6 Å². The standard InChI is InChI=1S/C20H23FIN3O4/c1-11(24-29-10-13(27)9-26)18-14-4-3-5-17(28)19(14)25(2)20(18)23-16-7-6-12(22)8-15(16)21/h6-8,13,23-24,26-27H,1,3-5,9-10H2,2H3/t13-/m0/s1. The fraction of sp³-hybridized carbons (Fsp3) is 0.350. The number of aliphatic hydroxyl groups excluding tert-OH is 2. The van der Waals surface area contributed by atoms with Gasteiger partial charge in [0.2, 0.25) is 0 Å². The number of Topliss-reactive ketones (excluding diaryl/α,β-unsaturated/α-hetero) is 1. The average Bonchev–Trinajstić information content (AvgIpc) is 2.96. The van der Waals surface area contributed by atoms with Gasteiger partial charge in [0.1, 0.15) is 24.3 Å². The zero-order valence-electron chi connectivity index (χ0n) is 16.0. The minimum atomic E-state index is -1.03. The van der Waals surface area contributed by atoms with E-state index in [2.05, 4.69) is 17.4 Å². The molecule has 0 radical (unpaired) electrons. The summed E-state index contributed by atoms with van der Waals surface area (Å²) in [5, 5.41) is 21.4. The van der Waals surface area contributed by atoms with Crippen LogP contribution in [0.1, 0.15) is 34.5 Å². The van der Waals surface area contributed by atoms with Gasteiger partial charge in [-0.05, 0) is 59.2 Å². The molecule has 0 bridgehead atoms. The van der Waals surface area contributed by atoms with Crippen LogP contribution in [0.25, 0.3) is 5.70 Å². The first-order valence-corrected chi connectivity index (χ1v) is 10.2. The Bertz CT molecular complexity index is 944. The van der Waals surface area contributed by atoms with Gasteiger partial charge in [0.05, 0.1) is 23.7 Å². The first-order chi connectivity index (χ1) is 13.8. The van der Waals surface area contributed by atoms with Crippen LogP contribution in [0.5, 0.6) is 0 Å². The molecular weight excluding hydrogens is 492 g/mol. The van der Waals surface area contributed by atoms with Crippen molar-refractivity contribution in [2.75, 3.05) is 18.5 Å². The predicted molar refractivity (Wildman–Crippen MR) is 116 cm³/mol. The van der Waals surface area contributed by atoms with Crippen molar-refractivity contribution in [2.45, 2.75) is 25.4 Å². The van der Waals surface area contributed by atoms with Crippen molar-refractivity contribution in [1.29, 1.82) is 0 Å². The number of halogens is 2. The van der Waals surface area contributed by atoms with Gasteiger partial charge in [-0.1, -0.05) is 6.58 Å². The molecule has 1 aromatic heterocycles. The predicted octanol–water partition coefficient (Wildman–Crippen LogP) is 2.88. The van der Waals surface area contributed by atoms with Crippen molar-refractivity contribution in [3.05, 3.63) is 51.0 Å². The third kappa shape index (κ3) is 4.63. The van der Waals surface area contributed by atoms with Crippen LogP contribution < -0.4 is 10.8 Å². The highest BCUT2D eigenvalue weighted by Gasteiger charge is 2.30. The fourth-order valence-corrected chi connectivity index (χ4v) is 3.86. The van der Waals surface area contributed by atoms with Crippen molar-refractivity contribution in [3.8, 4) is 0 Å². The number of hydrogen-bond donors (Lipinski definition) is 4. The second-order valence-electron chi connectivity index (χ2n) is 6.86. The molecule has 1 atom stereocenters. The van der Waals surface area contributed by atoms with Gasteiger partial charge in [0.15, 0.2) is 5.78 Å². The highest BCUT2D eigenvalue weighted by molar-refractivity contribution is 14.1. The Morgan fingerprint density at radius 1 is 1.45 bits per heavy atom. The maximum Gasteiger partial charge on any atom is 0.179 e. The molecule has 1 aromatic carbocycles. The second-order valence-corrected chi connectivity index (χ2v) is 8.11. The van der Waals surface area contributed by atoms with Crippen molar-refractivity contribution < 1.29 is 24.2 Å². The summed E-state index contributed by atoms with van der Waals surface area (Å²) in [5.74, 6) is 0.138. The molecule has 0 unspecified atom stereocenters. The Hall–Kier alpha value is -1.95. The van der Waals surface area contributed by atoms with E-state index in [-0.39, 0.29) is 18.1 Å². The largest absolute Gasteiger partial charge is 0.394 e. The molecule has 0 saturated carbocycles. The molecule has 0 aliphatic heterocycles. The average molecular weight is 515 g/mol. The lowest BCUT2D eigenvalue weighted by Gasteiger charge is -2.16. The molecule has 9 heteroatoms. The van der Waals surface area contributed by atoms with Crippen molar-refractivity contribution in [1.82, 2.24) is 10.0 Å². The number of aromatic nitrogens is 1. The maximum atomic E-state index is 14.4. The molecule has 0 amide bonds. The smallest absolute Gasteiger partial charge is 0.179 e. The van der Waals surface area contributed by atoms with E-state index in [1.165, 1.54) is 6.07 Å². The zero-order valence-corrected chi connectivity index (χ0v) is 18.1. The number of hydrogen-bond acceptors (Lipinski definition) is 6. The maximum absolute atomic E-state index is 14.4. The number of benzene rings is 1. The van der Waals surface area contributed by atoms with Crippen LogP contribution in [0.15, 0.2) is 24.8 Å². The first-order valence-electron chi connectivity index (χ1n) is 9.16. The summed E-state index contributed by atoms with van der Waals surface area (Å²) >= 11 is 2.04. The molecule has 156 valence electrons. The van der Waals surface area contributed by atoms with Crippen LogP contribution in [0.4, 0.5) is 15.9 Å². The summed E-state index contributed by atoms with van der Waals surface area (Å²) in [6, 6.07) is 4.84. The summed E-state index contributed by atoms with van der Waals surface area (Å²) in [7, 11) is 1.75. The number of nitrogens with one attached hydrogen (secondary N) is 2. The van der Waals surface area contributed by atoms with E-state index in [1.54, 1.807) is 23.7 Å². The topological polar surface area (TPSA) is 95.8 Å². The Labute approximate surface area is 181 Å². The first kappa shape index (κ1) is 21.8. The number of aliphatic hydroxyl groups is 2. The van der Waals surface area contributed by atoms with E-state index in [4.69, 9.17) is 9.94 Å². The minimum Gasteiger partial charge on any atom is -0.394 e. The van der Waals surface area contributed by atoms with Crippen LogP contribution in [-0.4, -0.2) is 39.9 Å². The summed E-state index contributed by atoms with van der Waals surface area (Å²) in [6.45, 7) is 3.42. The van der Waals surface area contributed by atoms with Gasteiger partial charge in [-0.15, -0.1) is 0 Å². The van der Waals surface area contributed by atoms with Crippen LogP contribution >= 0.6 is 22.6 Å². The number of hydroxylamine groups is 1. The van der Waals surface area contributed by atoms with E-state index in [0.717, 1.165) is 15.6 Å². The molecule has 0 saturated heterocycles.